The van der Waals surface area contributed by atoms with Gasteiger partial charge in [0.05, 0.1) is 5.92 Å². The fourth-order valence-electron chi connectivity index (χ4n) is 2.81. The first-order valence-corrected chi connectivity index (χ1v) is 6.77. The number of piperidine rings is 1. The van der Waals surface area contributed by atoms with Crippen molar-refractivity contribution in [3.63, 3.8) is 0 Å². The molecule has 2 aliphatic rings. The third kappa shape index (κ3) is 2.22. The number of likely N-dealkylation sites (N-methyl/N-ethyl adjacent to an activating group) is 1. The van der Waals surface area contributed by atoms with Crippen LogP contribution < -0.4 is 5.32 Å². The van der Waals surface area contributed by atoms with E-state index in [2.05, 4.69) is 23.3 Å². The van der Waals surface area contributed by atoms with Gasteiger partial charge < -0.3 is 14.6 Å². The number of hydrogen-bond donors (Lipinski definition) is 1. The number of nitrogens with one attached hydrogen (secondary N) is 1. The van der Waals surface area contributed by atoms with Gasteiger partial charge in [-0.1, -0.05) is 0 Å². The molecule has 0 saturated carbocycles. The van der Waals surface area contributed by atoms with Crippen molar-refractivity contribution < 1.29 is 9.21 Å². The Balaban J connectivity index is 1.82. The summed E-state index contributed by atoms with van der Waals surface area (Å²) in [6, 6.07) is 2.12. The first-order chi connectivity index (χ1) is 8.74. The van der Waals surface area contributed by atoms with Crippen molar-refractivity contribution in [1.82, 2.24) is 10.2 Å². The Hall–Kier alpha value is -1.13. The molecule has 0 radical (unpaired) electrons. The van der Waals surface area contributed by atoms with E-state index < -0.39 is 0 Å². The van der Waals surface area contributed by atoms with Gasteiger partial charge >= 0.3 is 0 Å². The molecule has 4 nitrogen and oxygen atoms in total. The van der Waals surface area contributed by atoms with Crippen molar-refractivity contribution >= 4 is 5.78 Å². The van der Waals surface area contributed by atoms with E-state index in [0.29, 0.717) is 12.2 Å². The Kier molecular flexibility index (Phi) is 3.22. The highest BCUT2D eigenvalue weighted by Crippen LogP contribution is 2.27. The molecule has 1 unspecified atom stereocenters. The largest absolute Gasteiger partial charge is 0.465 e. The van der Waals surface area contributed by atoms with Gasteiger partial charge in [-0.3, -0.25) is 4.79 Å². The number of fused-ring (bicyclic) bond motifs is 1. The van der Waals surface area contributed by atoms with Crippen LogP contribution in [0.25, 0.3) is 0 Å². The minimum atomic E-state index is -0.0663. The van der Waals surface area contributed by atoms with Gasteiger partial charge in [0.2, 0.25) is 0 Å². The summed E-state index contributed by atoms with van der Waals surface area (Å²) >= 11 is 0. The van der Waals surface area contributed by atoms with Crippen molar-refractivity contribution in [3.8, 4) is 0 Å². The molecule has 0 aliphatic carbocycles. The minimum Gasteiger partial charge on any atom is -0.465 e. The van der Waals surface area contributed by atoms with E-state index in [1.165, 1.54) is 5.56 Å². The maximum atomic E-state index is 11.9. The molecule has 3 rings (SSSR count). The minimum absolute atomic E-state index is 0.0663. The summed E-state index contributed by atoms with van der Waals surface area (Å²) in [7, 11) is 2.14. The van der Waals surface area contributed by atoms with Crippen molar-refractivity contribution in [2.45, 2.75) is 25.2 Å². The zero-order chi connectivity index (χ0) is 12.5. The molecule has 0 amide bonds. The molecule has 0 bridgehead atoms. The number of rotatable bonds is 1. The highest BCUT2D eigenvalue weighted by atomic mass is 16.3. The summed E-state index contributed by atoms with van der Waals surface area (Å²) in [5.74, 6) is 2.22. The van der Waals surface area contributed by atoms with Crippen molar-refractivity contribution in [3.05, 3.63) is 23.2 Å². The molecule has 0 spiro atoms. The molecule has 1 atom stereocenters. The number of furan rings is 1. The van der Waals surface area contributed by atoms with E-state index in [4.69, 9.17) is 4.42 Å². The highest BCUT2D eigenvalue weighted by Gasteiger charge is 2.28. The summed E-state index contributed by atoms with van der Waals surface area (Å²) in [5, 5.41) is 3.27. The lowest BCUT2D eigenvalue weighted by atomic mass is 9.95. The number of ketones is 1. The molecule has 1 aromatic heterocycles. The van der Waals surface area contributed by atoms with E-state index in [-0.39, 0.29) is 5.92 Å². The van der Waals surface area contributed by atoms with Crippen LogP contribution in [0.15, 0.2) is 10.5 Å². The molecule has 1 saturated heterocycles. The monoisotopic (exact) mass is 248 g/mol. The van der Waals surface area contributed by atoms with Gasteiger partial charge in [0.25, 0.3) is 0 Å². The van der Waals surface area contributed by atoms with Crippen molar-refractivity contribution in [2.24, 2.45) is 0 Å². The number of nitrogens with zero attached hydrogens (tertiary/aromatic N) is 1. The normalized spacial score (nSPS) is 25.8. The van der Waals surface area contributed by atoms with E-state index in [0.717, 1.165) is 50.5 Å². The topological polar surface area (TPSA) is 45.5 Å². The average molecular weight is 248 g/mol. The van der Waals surface area contributed by atoms with Gasteiger partial charge in [-0.2, -0.15) is 0 Å². The zero-order valence-electron chi connectivity index (χ0n) is 10.9. The van der Waals surface area contributed by atoms with Gasteiger partial charge in [-0.25, -0.2) is 0 Å². The number of carbonyl (C=O) groups excluding carboxylic acids is 1. The Morgan fingerprint density at radius 1 is 1.33 bits per heavy atom. The zero-order valence-corrected chi connectivity index (χ0v) is 10.9. The lowest BCUT2D eigenvalue weighted by Gasteiger charge is -2.19. The maximum absolute atomic E-state index is 11.9. The predicted octanol–water partition coefficient (Wildman–Crippen LogP) is 0.956. The lowest BCUT2D eigenvalue weighted by molar-refractivity contribution is -0.121. The highest BCUT2D eigenvalue weighted by molar-refractivity contribution is 5.86. The smallest absolute Gasteiger partial charge is 0.146 e. The summed E-state index contributed by atoms with van der Waals surface area (Å²) in [5.41, 5.74) is 1.30. The average Bonchev–Trinajstić information content (AvgIpc) is 2.70. The van der Waals surface area contributed by atoms with Crippen LogP contribution in [0.1, 0.15) is 29.4 Å². The maximum Gasteiger partial charge on any atom is 0.146 e. The predicted molar refractivity (Wildman–Crippen MR) is 68.8 cm³/mol. The van der Waals surface area contributed by atoms with Crippen LogP contribution in [0.4, 0.5) is 0 Å². The fraction of sp³-hybridized carbons (Fsp3) is 0.643. The molecule has 1 N–H and O–H groups in total. The van der Waals surface area contributed by atoms with Crippen LogP contribution in [0.3, 0.4) is 0 Å². The van der Waals surface area contributed by atoms with Crippen LogP contribution in [-0.4, -0.2) is 43.9 Å². The Morgan fingerprint density at radius 2 is 2.17 bits per heavy atom. The Labute approximate surface area is 107 Å². The second-order valence-electron chi connectivity index (χ2n) is 5.37. The number of hydrogen-bond acceptors (Lipinski definition) is 4. The van der Waals surface area contributed by atoms with Crippen LogP contribution >= 0.6 is 0 Å². The fourth-order valence-corrected chi connectivity index (χ4v) is 2.81. The molecular formula is C14H20N2O2. The van der Waals surface area contributed by atoms with Crippen molar-refractivity contribution in [2.75, 3.05) is 33.2 Å². The Bertz CT molecular complexity index is 427. The molecule has 0 aromatic carbocycles. The second kappa shape index (κ2) is 4.86. The third-order valence-electron chi connectivity index (χ3n) is 4.03. The van der Waals surface area contributed by atoms with Gasteiger partial charge in [0, 0.05) is 39.0 Å². The summed E-state index contributed by atoms with van der Waals surface area (Å²) in [4.78, 5) is 14.2. The van der Waals surface area contributed by atoms with Crippen LogP contribution in [0, 0.1) is 0 Å². The SMILES string of the molecule is CN1CCc2cc(C3CNCCC3=O)oc2CC1. The standard InChI is InChI=1S/C14H20N2O2/c1-16-6-3-10-8-14(18-13(10)4-7-16)11-9-15-5-2-12(11)17/h8,11,15H,2-7,9H2,1H3. The first kappa shape index (κ1) is 11.9. The quantitative estimate of drug-likeness (QED) is 0.804. The van der Waals surface area contributed by atoms with Crippen LogP contribution in [-0.2, 0) is 17.6 Å². The molecule has 1 fully saturated rings. The molecule has 18 heavy (non-hydrogen) atoms. The van der Waals surface area contributed by atoms with Gasteiger partial charge in [0.1, 0.15) is 17.3 Å². The first-order valence-electron chi connectivity index (χ1n) is 6.77. The van der Waals surface area contributed by atoms with Gasteiger partial charge in [-0.05, 0) is 25.1 Å². The lowest BCUT2D eigenvalue weighted by Crippen LogP contribution is -2.35. The number of carbonyl (C=O) groups is 1. The van der Waals surface area contributed by atoms with Gasteiger partial charge in [0.15, 0.2) is 0 Å². The summed E-state index contributed by atoms with van der Waals surface area (Å²) < 4.78 is 5.96. The second-order valence-corrected chi connectivity index (χ2v) is 5.37. The molecular weight excluding hydrogens is 228 g/mol. The van der Waals surface area contributed by atoms with Crippen molar-refractivity contribution in [1.29, 1.82) is 0 Å². The van der Waals surface area contributed by atoms with E-state index in [1.54, 1.807) is 0 Å². The van der Waals surface area contributed by atoms with E-state index in [9.17, 15) is 4.79 Å². The van der Waals surface area contributed by atoms with Crippen LogP contribution in [0.2, 0.25) is 0 Å². The molecule has 2 aliphatic heterocycles. The number of Topliss-reactive ketones (excluding diaryl/α,β-unsaturated/α-hetero) is 1. The summed E-state index contributed by atoms with van der Waals surface area (Å²) in [6.45, 7) is 3.64. The van der Waals surface area contributed by atoms with Gasteiger partial charge in [-0.15, -0.1) is 0 Å². The Morgan fingerprint density at radius 3 is 3.00 bits per heavy atom. The molecule has 3 heterocycles. The van der Waals surface area contributed by atoms with E-state index in [1.807, 2.05) is 0 Å². The summed E-state index contributed by atoms with van der Waals surface area (Å²) in [6.07, 6.45) is 2.61. The molecule has 98 valence electrons. The molecule has 4 heteroatoms. The van der Waals surface area contributed by atoms with Crippen LogP contribution in [0.5, 0.6) is 0 Å². The molecule has 1 aromatic rings. The third-order valence-corrected chi connectivity index (χ3v) is 4.03. The van der Waals surface area contributed by atoms with E-state index >= 15 is 0 Å².